The molecular formula is C17H23NO. The quantitative estimate of drug-likeness (QED) is 0.796. The molecule has 19 heavy (non-hydrogen) atoms. The molecule has 1 aliphatic carbocycles. The topological polar surface area (TPSA) is 29.1 Å². The predicted molar refractivity (Wildman–Crippen MR) is 78.8 cm³/mol. The number of aryl methyl sites for hydroxylation is 1. The van der Waals surface area contributed by atoms with Gasteiger partial charge in [0, 0.05) is 5.57 Å². The zero-order valence-corrected chi connectivity index (χ0v) is 12.1. The fourth-order valence-corrected chi connectivity index (χ4v) is 2.33. The number of rotatable bonds is 5. The Labute approximate surface area is 115 Å². The molecule has 0 saturated heterocycles. The summed E-state index contributed by atoms with van der Waals surface area (Å²) in [6.07, 6.45) is 5.32. The molecule has 1 N–H and O–H groups in total. The first kappa shape index (κ1) is 13.9. The Kier molecular flexibility index (Phi) is 4.41. The van der Waals surface area contributed by atoms with Gasteiger partial charge in [0.15, 0.2) is 0 Å². The predicted octanol–water partition coefficient (Wildman–Crippen LogP) is 3.92. The van der Waals surface area contributed by atoms with Gasteiger partial charge in [-0.05, 0) is 44.6 Å². The Hall–Kier alpha value is -1.57. The fraction of sp³-hybridized carbons (Fsp3) is 0.471. The van der Waals surface area contributed by atoms with Crippen LogP contribution in [-0.4, -0.2) is 5.91 Å². The molecule has 102 valence electrons. The van der Waals surface area contributed by atoms with Gasteiger partial charge in [0.2, 0.25) is 5.91 Å². The number of carbonyl (C=O) groups is 1. The van der Waals surface area contributed by atoms with Gasteiger partial charge in [-0.15, -0.1) is 0 Å². The smallest absolute Gasteiger partial charge is 0.247 e. The van der Waals surface area contributed by atoms with Gasteiger partial charge in [-0.2, -0.15) is 0 Å². The lowest BCUT2D eigenvalue weighted by atomic mass is 10.0. The van der Waals surface area contributed by atoms with Crippen LogP contribution in [0.3, 0.4) is 0 Å². The molecule has 0 spiro atoms. The molecule has 1 saturated carbocycles. The van der Waals surface area contributed by atoms with Crippen molar-refractivity contribution in [2.75, 3.05) is 0 Å². The minimum absolute atomic E-state index is 0.0688. The van der Waals surface area contributed by atoms with Gasteiger partial charge < -0.3 is 5.32 Å². The van der Waals surface area contributed by atoms with Crippen LogP contribution in [-0.2, 0) is 4.79 Å². The first-order valence-electron chi connectivity index (χ1n) is 7.16. The van der Waals surface area contributed by atoms with E-state index in [1.54, 1.807) is 0 Å². The van der Waals surface area contributed by atoms with Gasteiger partial charge in [0.25, 0.3) is 0 Å². The third kappa shape index (κ3) is 3.69. The summed E-state index contributed by atoms with van der Waals surface area (Å²) >= 11 is 0. The fourth-order valence-electron chi connectivity index (χ4n) is 2.33. The highest BCUT2D eigenvalue weighted by atomic mass is 16.1. The Bertz CT molecular complexity index is 469. The second-order valence-electron chi connectivity index (χ2n) is 5.49. The summed E-state index contributed by atoms with van der Waals surface area (Å²) in [4.78, 5) is 12.1. The van der Waals surface area contributed by atoms with E-state index in [-0.39, 0.29) is 11.9 Å². The number of hydrogen-bond acceptors (Lipinski definition) is 1. The Morgan fingerprint density at radius 2 is 2.00 bits per heavy atom. The maximum Gasteiger partial charge on any atom is 0.247 e. The first-order valence-corrected chi connectivity index (χ1v) is 7.16. The third-order valence-corrected chi connectivity index (χ3v) is 3.68. The Morgan fingerprint density at radius 3 is 2.53 bits per heavy atom. The molecule has 0 aliphatic heterocycles. The Balaban J connectivity index is 2.11. The van der Waals surface area contributed by atoms with Crippen LogP contribution < -0.4 is 5.32 Å². The summed E-state index contributed by atoms with van der Waals surface area (Å²) < 4.78 is 0. The minimum atomic E-state index is 0.0688. The molecule has 0 aromatic heterocycles. The molecule has 1 aromatic rings. The molecule has 0 radical (unpaired) electrons. The molecular weight excluding hydrogens is 234 g/mol. The number of nitrogens with one attached hydrogen (secondary N) is 1. The van der Waals surface area contributed by atoms with Crippen LogP contribution in [0.15, 0.2) is 35.9 Å². The van der Waals surface area contributed by atoms with Gasteiger partial charge in [0.1, 0.15) is 0 Å². The highest BCUT2D eigenvalue weighted by molar-refractivity contribution is 5.93. The molecule has 1 atom stereocenters. The number of amides is 1. The average Bonchev–Trinajstić information content (AvgIpc) is 3.21. The molecule has 1 aliphatic rings. The molecule has 0 bridgehead atoms. The van der Waals surface area contributed by atoms with Crippen LogP contribution >= 0.6 is 0 Å². The second kappa shape index (κ2) is 6.05. The van der Waals surface area contributed by atoms with Crippen molar-refractivity contribution in [2.24, 2.45) is 5.92 Å². The summed E-state index contributed by atoms with van der Waals surface area (Å²) in [7, 11) is 0. The van der Waals surface area contributed by atoms with E-state index in [0.717, 1.165) is 12.0 Å². The van der Waals surface area contributed by atoms with Gasteiger partial charge in [0.05, 0.1) is 6.04 Å². The summed E-state index contributed by atoms with van der Waals surface area (Å²) in [5, 5.41) is 3.19. The van der Waals surface area contributed by atoms with Gasteiger partial charge in [-0.3, -0.25) is 4.79 Å². The highest BCUT2D eigenvalue weighted by Crippen LogP contribution is 2.41. The molecule has 2 rings (SSSR count). The number of benzene rings is 1. The third-order valence-electron chi connectivity index (χ3n) is 3.68. The lowest BCUT2D eigenvalue weighted by molar-refractivity contribution is -0.118. The molecule has 1 aromatic carbocycles. The zero-order valence-electron chi connectivity index (χ0n) is 12.1. The maximum absolute atomic E-state index is 12.1. The van der Waals surface area contributed by atoms with Crippen LogP contribution in [0, 0.1) is 12.8 Å². The lowest BCUT2D eigenvalue weighted by Gasteiger charge is -2.19. The van der Waals surface area contributed by atoms with Crippen molar-refractivity contribution in [1.82, 2.24) is 5.32 Å². The summed E-state index contributed by atoms with van der Waals surface area (Å²) in [6.45, 7) is 6.02. The average molecular weight is 257 g/mol. The van der Waals surface area contributed by atoms with Gasteiger partial charge in [-0.1, -0.05) is 42.8 Å². The van der Waals surface area contributed by atoms with Crippen molar-refractivity contribution in [3.05, 3.63) is 47.0 Å². The van der Waals surface area contributed by atoms with E-state index in [0.29, 0.717) is 5.92 Å². The standard InChI is InChI=1S/C17H23NO/c1-4-5-13(3)17(19)18-16(15-10-11-15)14-8-6-12(2)7-9-14/h5-9,15-16H,4,10-11H2,1-3H3,(H,18,19)/b13-5+. The molecule has 0 heterocycles. The molecule has 2 nitrogen and oxygen atoms in total. The van der Waals surface area contributed by atoms with Gasteiger partial charge >= 0.3 is 0 Å². The van der Waals surface area contributed by atoms with Crippen molar-refractivity contribution < 1.29 is 4.79 Å². The molecule has 1 fully saturated rings. The number of hydrogen-bond donors (Lipinski definition) is 1. The van der Waals surface area contributed by atoms with Crippen molar-refractivity contribution >= 4 is 5.91 Å². The number of carbonyl (C=O) groups excluding carboxylic acids is 1. The normalized spacial score (nSPS) is 17.1. The van der Waals surface area contributed by atoms with E-state index < -0.39 is 0 Å². The van der Waals surface area contributed by atoms with Crippen LogP contribution in [0.25, 0.3) is 0 Å². The summed E-state index contributed by atoms with van der Waals surface area (Å²) in [5.41, 5.74) is 3.30. The Morgan fingerprint density at radius 1 is 1.37 bits per heavy atom. The lowest BCUT2D eigenvalue weighted by Crippen LogP contribution is -2.30. The summed E-state index contributed by atoms with van der Waals surface area (Å²) in [5.74, 6) is 0.681. The van der Waals surface area contributed by atoms with E-state index in [1.165, 1.54) is 24.0 Å². The highest BCUT2D eigenvalue weighted by Gasteiger charge is 2.33. The minimum Gasteiger partial charge on any atom is -0.345 e. The molecule has 1 unspecified atom stereocenters. The SMILES string of the molecule is CC/C=C(\C)C(=O)NC(c1ccc(C)cc1)C1CC1. The second-order valence-corrected chi connectivity index (χ2v) is 5.49. The largest absolute Gasteiger partial charge is 0.345 e. The summed E-state index contributed by atoms with van der Waals surface area (Å²) in [6, 6.07) is 8.68. The van der Waals surface area contributed by atoms with Crippen molar-refractivity contribution in [2.45, 2.75) is 46.1 Å². The van der Waals surface area contributed by atoms with E-state index in [9.17, 15) is 4.79 Å². The maximum atomic E-state index is 12.1. The molecule has 2 heteroatoms. The van der Waals surface area contributed by atoms with Crippen molar-refractivity contribution in [3.63, 3.8) is 0 Å². The van der Waals surface area contributed by atoms with E-state index in [4.69, 9.17) is 0 Å². The van der Waals surface area contributed by atoms with Crippen LogP contribution in [0.4, 0.5) is 0 Å². The van der Waals surface area contributed by atoms with E-state index in [2.05, 4.69) is 43.4 Å². The van der Waals surface area contributed by atoms with E-state index in [1.807, 2.05) is 13.0 Å². The van der Waals surface area contributed by atoms with E-state index >= 15 is 0 Å². The molecule has 1 amide bonds. The van der Waals surface area contributed by atoms with Crippen molar-refractivity contribution in [3.8, 4) is 0 Å². The van der Waals surface area contributed by atoms with Crippen LogP contribution in [0.2, 0.25) is 0 Å². The van der Waals surface area contributed by atoms with Crippen molar-refractivity contribution in [1.29, 1.82) is 0 Å². The van der Waals surface area contributed by atoms with Crippen LogP contribution in [0.1, 0.15) is 50.3 Å². The monoisotopic (exact) mass is 257 g/mol. The zero-order chi connectivity index (χ0) is 13.8. The van der Waals surface area contributed by atoms with Crippen LogP contribution in [0.5, 0.6) is 0 Å². The first-order chi connectivity index (χ1) is 9.11. The number of allylic oxidation sites excluding steroid dienone is 1. The van der Waals surface area contributed by atoms with Gasteiger partial charge in [-0.25, -0.2) is 0 Å².